The van der Waals surface area contributed by atoms with Gasteiger partial charge in [-0.2, -0.15) is 0 Å². The Morgan fingerprint density at radius 3 is 2.36 bits per heavy atom. The highest BCUT2D eigenvalue weighted by atomic mass is 16.3. The van der Waals surface area contributed by atoms with Crippen LogP contribution in [0.15, 0.2) is 0 Å². The first-order valence-electron chi connectivity index (χ1n) is 5.70. The van der Waals surface area contributed by atoms with Crippen LogP contribution in [0, 0.1) is 0 Å². The highest BCUT2D eigenvalue weighted by molar-refractivity contribution is 4.81. The zero-order chi connectivity index (χ0) is 10.4. The molecule has 1 heterocycles. The lowest BCUT2D eigenvalue weighted by Gasteiger charge is -2.35. The lowest BCUT2D eigenvalue weighted by Crippen LogP contribution is -2.42. The summed E-state index contributed by atoms with van der Waals surface area (Å²) in [6.45, 7) is 5.40. The normalized spacial score (nSPS) is 22.5. The Bertz CT molecular complexity index is 149. The lowest BCUT2D eigenvalue weighted by molar-refractivity contribution is -0.00557. The van der Waals surface area contributed by atoms with Crippen LogP contribution in [-0.4, -0.2) is 47.0 Å². The molecular formula is C11H23NO2. The summed E-state index contributed by atoms with van der Waals surface area (Å²) in [7, 11) is 0. The van der Waals surface area contributed by atoms with E-state index in [0.29, 0.717) is 6.61 Å². The molecule has 0 aromatic heterocycles. The molecule has 84 valence electrons. The molecule has 0 amide bonds. The van der Waals surface area contributed by atoms with Crippen LogP contribution in [0.2, 0.25) is 0 Å². The second-order valence-corrected chi connectivity index (χ2v) is 4.62. The first kappa shape index (κ1) is 12.0. The molecule has 14 heavy (non-hydrogen) atoms. The Morgan fingerprint density at radius 1 is 1.14 bits per heavy atom. The van der Waals surface area contributed by atoms with Crippen molar-refractivity contribution in [3.63, 3.8) is 0 Å². The fourth-order valence-corrected chi connectivity index (χ4v) is 1.88. The zero-order valence-corrected chi connectivity index (χ0v) is 9.21. The molecule has 0 saturated carbocycles. The molecule has 0 aromatic carbocycles. The third kappa shape index (κ3) is 4.40. The molecule has 1 fully saturated rings. The van der Waals surface area contributed by atoms with Crippen molar-refractivity contribution in [2.75, 3.05) is 26.2 Å². The molecule has 2 N–H and O–H groups in total. The van der Waals surface area contributed by atoms with Gasteiger partial charge in [-0.1, -0.05) is 0 Å². The number of unbranched alkanes of at least 4 members (excludes halogenated alkanes) is 2. The monoisotopic (exact) mass is 201 g/mol. The summed E-state index contributed by atoms with van der Waals surface area (Å²) in [5.41, 5.74) is -0.429. The smallest absolute Gasteiger partial charge is 0.0644 e. The van der Waals surface area contributed by atoms with Gasteiger partial charge in [-0.15, -0.1) is 0 Å². The van der Waals surface area contributed by atoms with Gasteiger partial charge in [0.1, 0.15) is 0 Å². The summed E-state index contributed by atoms with van der Waals surface area (Å²) >= 11 is 0. The van der Waals surface area contributed by atoms with Crippen molar-refractivity contribution in [2.45, 2.75) is 44.6 Å². The van der Waals surface area contributed by atoms with Crippen molar-refractivity contribution >= 4 is 0 Å². The van der Waals surface area contributed by atoms with Crippen LogP contribution in [0.25, 0.3) is 0 Å². The van der Waals surface area contributed by atoms with Crippen molar-refractivity contribution in [2.24, 2.45) is 0 Å². The van der Waals surface area contributed by atoms with Gasteiger partial charge in [0.2, 0.25) is 0 Å². The number of aliphatic hydroxyl groups excluding tert-OH is 1. The van der Waals surface area contributed by atoms with Crippen molar-refractivity contribution in [3.05, 3.63) is 0 Å². The molecule has 0 unspecified atom stereocenters. The quantitative estimate of drug-likeness (QED) is 0.652. The zero-order valence-electron chi connectivity index (χ0n) is 9.21. The maximum atomic E-state index is 9.74. The van der Waals surface area contributed by atoms with Crippen molar-refractivity contribution < 1.29 is 10.2 Å². The Balaban J connectivity index is 2.04. The van der Waals surface area contributed by atoms with Gasteiger partial charge in [0.25, 0.3) is 0 Å². The summed E-state index contributed by atoms with van der Waals surface area (Å²) in [6.07, 6.45) is 5.00. The van der Waals surface area contributed by atoms with Crippen LogP contribution in [0.5, 0.6) is 0 Å². The second-order valence-electron chi connectivity index (χ2n) is 4.62. The molecule has 0 atom stereocenters. The molecule has 0 aromatic rings. The summed E-state index contributed by atoms with van der Waals surface area (Å²) in [5, 5.41) is 18.4. The Morgan fingerprint density at radius 2 is 1.79 bits per heavy atom. The first-order valence-corrected chi connectivity index (χ1v) is 5.70. The number of aliphatic hydroxyl groups is 2. The number of nitrogens with zero attached hydrogens (tertiary/aromatic N) is 1. The van der Waals surface area contributed by atoms with Gasteiger partial charge >= 0.3 is 0 Å². The fraction of sp³-hybridized carbons (Fsp3) is 1.00. The van der Waals surface area contributed by atoms with Gasteiger partial charge in [-0.05, 0) is 45.6 Å². The largest absolute Gasteiger partial charge is 0.396 e. The van der Waals surface area contributed by atoms with E-state index in [1.807, 2.05) is 6.92 Å². The first-order chi connectivity index (χ1) is 6.64. The highest BCUT2D eigenvalue weighted by Crippen LogP contribution is 2.21. The molecule has 1 aliphatic heterocycles. The second kappa shape index (κ2) is 5.69. The molecule has 1 rings (SSSR count). The molecule has 3 heteroatoms. The van der Waals surface area contributed by atoms with Crippen molar-refractivity contribution in [3.8, 4) is 0 Å². The van der Waals surface area contributed by atoms with Crippen molar-refractivity contribution in [1.82, 2.24) is 4.90 Å². The minimum absolute atomic E-state index is 0.314. The van der Waals surface area contributed by atoms with Gasteiger partial charge in [-0.3, -0.25) is 0 Å². The average molecular weight is 201 g/mol. The topological polar surface area (TPSA) is 43.7 Å². The Labute approximate surface area is 86.7 Å². The predicted octanol–water partition coefficient (Wildman–Crippen LogP) is 0.996. The number of hydrogen-bond acceptors (Lipinski definition) is 3. The van der Waals surface area contributed by atoms with Gasteiger partial charge < -0.3 is 15.1 Å². The van der Waals surface area contributed by atoms with Crippen molar-refractivity contribution in [1.29, 1.82) is 0 Å². The van der Waals surface area contributed by atoms with Gasteiger partial charge in [0, 0.05) is 19.7 Å². The minimum atomic E-state index is -0.429. The van der Waals surface area contributed by atoms with Gasteiger partial charge in [-0.25, -0.2) is 0 Å². The SMILES string of the molecule is CC1(O)CCN(CCCCCO)CC1. The van der Waals surface area contributed by atoms with E-state index in [4.69, 9.17) is 5.11 Å². The molecule has 1 aliphatic rings. The Kier molecular flexibility index (Phi) is 4.85. The standard InChI is InChI=1S/C11H23NO2/c1-11(14)5-8-12(9-6-11)7-3-2-4-10-13/h13-14H,2-10H2,1H3. The predicted molar refractivity (Wildman–Crippen MR) is 57.2 cm³/mol. The van der Waals surface area contributed by atoms with E-state index in [0.717, 1.165) is 45.3 Å². The van der Waals surface area contributed by atoms with E-state index < -0.39 is 5.60 Å². The molecule has 3 nitrogen and oxygen atoms in total. The van der Waals surface area contributed by atoms with E-state index in [2.05, 4.69) is 4.90 Å². The maximum Gasteiger partial charge on any atom is 0.0644 e. The number of hydrogen-bond donors (Lipinski definition) is 2. The summed E-state index contributed by atoms with van der Waals surface area (Å²) < 4.78 is 0. The van der Waals surface area contributed by atoms with E-state index in [9.17, 15) is 5.11 Å². The highest BCUT2D eigenvalue weighted by Gasteiger charge is 2.26. The fourth-order valence-electron chi connectivity index (χ4n) is 1.88. The maximum absolute atomic E-state index is 9.74. The molecule has 0 spiro atoms. The van der Waals surface area contributed by atoms with E-state index >= 15 is 0 Å². The molecule has 0 aliphatic carbocycles. The molecule has 0 radical (unpaired) electrons. The molecular weight excluding hydrogens is 178 g/mol. The number of likely N-dealkylation sites (tertiary alicyclic amines) is 1. The van der Waals surface area contributed by atoms with Crippen LogP contribution in [0.3, 0.4) is 0 Å². The van der Waals surface area contributed by atoms with Crippen LogP contribution >= 0.6 is 0 Å². The molecule has 1 saturated heterocycles. The number of piperidine rings is 1. The number of rotatable bonds is 5. The lowest BCUT2D eigenvalue weighted by atomic mass is 9.94. The van der Waals surface area contributed by atoms with E-state index in [1.54, 1.807) is 0 Å². The van der Waals surface area contributed by atoms with Crippen LogP contribution in [0.1, 0.15) is 39.0 Å². The van der Waals surface area contributed by atoms with Gasteiger partial charge in [0.05, 0.1) is 5.60 Å². The third-order valence-electron chi connectivity index (χ3n) is 3.07. The van der Waals surface area contributed by atoms with Crippen LogP contribution in [0.4, 0.5) is 0 Å². The summed E-state index contributed by atoms with van der Waals surface area (Å²) in [5.74, 6) is 0. The molecule has 0 bridgehead atoms. The van der Waals surface area contributed by atoms with Gasteiger partial charge in [0.15, 0.2) is 0 Å². The van der Waals surface area contributed by atoms with E-state index in [-0.39, 0.29) is 0 Å². The van der Waals surface area contributed by atoms with Crippen LogP contribution < -0.4 is 0 Å². The van der Waals surface area contributed by atoms with Crippen LogP contribution in [-0.2, 0) is 0 Å². The summed E-state index contributed by atoms with van der Waals surface area (Å²) in [4.78, 5) is 2.41. The van der Waals surface area contributed by atoms with E-state index in [1.165, 1.54) is 6.42 Å². The summed E-state index contributed by atoms with van der Waals surface area (Å²) in [6, 6.07) is 0. The minimum Gasteiger partial charge on any atom is -0.396 e. The average Bonchev–Trinajstić information content (AvgIpc) is 2.15. The third-order valence-corrected chi connectivity index (χ3v) is 3.07. The Hall–Kier alpha value is -0.120.